The van der Waals surface area contributed by atoms with E-state index in [-0.39, 0.29) is 34.6 Å². The van der Waals surface area contributed by atoms with Crippen LogP contribution in [0.4, 0.5) is 14.6 Å². The van der Waals surface area contributed by atoms with Crippen LogP contribution in [0.15, 0.2) is 63.6 Å². The van der Waals surface area contributed by atoms with Crippen molar-refractivity contribution in [2.45, 2.75) is 50.4 Å². The Kier molecular flexibility index (Phi) is 8.18. The molecule has 6 rings (SSSR count). The van der Waals surface area contributed by atoms with Gasteiger partial charge in [-0.2, -0.15) is 4.98 Å². The first-order valence-corrected chi connectivity index (χ1v) is 15.8. The molecule has 0 radical (unpaired) electrons. The molecule has 2 aliphatic heterocycles. The molecule has 2 aromatic carbocycles. The fraction of sp³-hybridized carbons (Fsp3) is 0.323. The maximum absolute atomic E-state index is 15.4. The van der Waals surface area contributed by atoms with E-state index in [0.29, 0.717) is 46.5 Å². The molecule has 3 atom stereocenters. The third-order valence-electron chi connectivity index (χ3n) is 7.95. The number of benzene rings is 2. The number of hydrogen-bond donors (Lipinski definition) is 0. The average Bonchev–Trinajstić information content (AvgIpc) is 3.17. The highest BCUT2D eigenvalue weighted by molar-refractivity contribution is 9.10. The predicted molar refractivity (Wildman–Crippen MR) is 169 cm³/mol. The molecule has 0 bridgehead atoms. The van der Waals surface area contributed by atoms with Gasteiger partial charge in [0.05, 0.1) is 22.7 Å². The maximum atomic E-state index is 15.4. The number of rotatable bonds is 5. The minimum Gasteiger partial charge on any atom is -0.470 e. The third kappa shape index (κ3) is 5.36. The summed E-state index contributed by atoms with van der Waals surface area (Å²) in [5.41, 5.74) is 1.63. The van der Waals surface area contributed by atoms with Crippen LogP contribution in [-0.2, 0) is 11.3 Å². The number of nitrogens with zero attached hydrogens (tertiary/aromatic N) is 6. The molecule has 4 aromatic rings. The summed E-state index contributed by atoms with van der Waals surface area (Å²) in [6.45, 7) is 10.5. The number of carbonyl (C=O) groups excluding carboxylic acids is 1. The fourth-order valence-corrected chi connectivity index (χ4v) is 7.82. The lowest BCUT2D eigenvalue weighted by Gasteiger charge is -2.44. The Labute approximate surface area is 265 Å². The second-order valence-electron chi connectivity index (χ2n) is 11.0. The smallest absolute Gasteiger partial charge is 0.350 e. The van der Waals surface area contributed by atoms with Crippen LogP contribution in [-0.4, -0.2) is 67.4 Å². The SMILES string of the molecule is C=CC(=O)N1[C@H](C)CN(c2nc(=O)n3c4c(c(-c5cc(Br)c(F)cc5F)c(C)cc24)SC[C@@H](Oc2cnccn2)C3)C[C@@H]1C. The van der Waals surface area contributed by atoms with E-state index in [1.165, 1.54) is 36.3 Å². The normalized spacial score (nSPS) is 20.0. The lowest BCUT2D eigenvalue weighted by molar-refractivity contribution is -0.130. The number of ether oxygens (including phenoxy) is 1. The van der Waals surface area contributed by atoms with Gasteiger partial charge in [-0.15, -0.1) is 11.8 Å². The largest absolute Gasteiger partial charge is 0.470 e. The van der Waals surface area contributed by atoms with E-state index in [9.17, 15) is 14.0 Å². The average molecular weight is 684 g/mol. The minimum absolute atomic E-state index is 0.130. The van der Waals surface area contributed by atoms with Gasteiger partial charge in [0.25, 0.3) is 0 Å². The lowest BCUT2D eigenvalue weighted by Crippen LogP contribution is -2.58. The van der Waals surface area contributed by atoms with Crippen LogP contribution in [0, 0.1) is 18.6 Å². The second-order valence-corrected chi connectivity index (χ2v) is 12.9. The molecular formula is C31H29BrF2N6O3S. The third-order valence-corrected chi connectivity index (χ3v) is 9.78. The van der Waals surface area contributed by atoms with Crippen molar-refractivity contribution in [1.29, 1.82) is 0 Å². The molecular weight excluding hydrogens is 654 g/mol. The highest BCUT2D eigenvalue weighted by atomic mass is 79.9. The van der Waals surface area contributed by atoms with Gasteiger partial charge in [-0.3, -0.25) is 14.3 Å². The summed E-state index contributed by atoms with van der Waals surface area (Å²) in [6, 6.07) is 3.87. The number of thioether (sulfide) groups is 1. The zero-order chi connectivity index (χ0) is 31.3. The molecule has 0 unspecified atom stereocenters. The molecule has 228 valence electrons. The highest BCUT2D eigenvalue weighted by Gasteiger charge is 2.35. The van der Waals surface area contributed by atoms with E-state index in [0.717, 1.165) is 17.0 Å². The number of aryl methyl sites for hydroxylation is 1. The van der Waals surface area contributed by atoms with Crippen LogP contribution in [0.1, 0.15) is 19.4 Å². The molecule has 4 heterocycles. The lowest BCUT2D eigenvalue weighted by atomic mass is 9.97. The molecule has 13 heteroatoms. The second kappa shape index (κ2) is 11.9. The first kappa shape index (κ1) is 30.2. The van der Waals surface area contributed by atoms with E-state index in [4.69, 9.17) is 4.74 Å². The summed E-state index contributed by atoms with van der Waals surface area (Å²) < 4.78 is 37.5. The molecule has 1 saturated heterocycles. The van der Waals surface area contributed by atoms with Gasteiger partial charge in [0, 0.05) is 70.8 Å². The number of halogens is 3. The molecule has 0 N–H and O–H groups in total. The van der Waals surface area contributed by atoms with Gasteiger partial charge in [0.15, 0.2) is 0 Å². The van der Waals surface area contributed by atoms with Crippen LogP contribution in [0.5, 0.6) is 5.88 Å². The monoisotopic (exact) mass is 682 g/mol. The highest BCUT2D eigenvalue weighted by Crippen LogP contribution is 2.45. The first-order chi connectivity index (χ1) is 21.1. The van der Waals surface area contributed by atoms with Crippen molar-refractivity contribution in [3.05, 3.63) is 81.6 Å². The number of anilines is 1. The van der Waals surface area contributed by atoms with Gasteiger partial charge in [-0.1, -0.05) is 6.58 Å². The van der Waals surface area contributed by atoms with Crippen LogP contribution < -0.4 is 15.3 Å². The number of hydrogen-bond acceptors (Lipinski definition) is 8. The van der Waals surface area contributed by atoms with Crippen molar-refractivity contribution in [3.8, 4) is 17.0 Å². The van der Waals surface area contributed by atoms with E-state index in [2.05, 4.69) is 37.5 Å². The van der Waals surface area contributed by atoms with Crippen molar-refractivity contribution in [2.24, 2.45) is 0 Å². The van der Waals surface area contributed by atoms with Crippen LogP contribution in [0.25, 0.3) is 22.0 Å². The molecule has 9 nitrogen and oxygen atoms in total. The van der Waals surface area contributed by atoms with Crippen molar-refractivity contribution < 1.29 is 18.3 Å². The molecule has 2 aliphatic rings. The fourth-order valence-electron chi connectivity index (χ4n) is 6.18. The zero-order valence-electron chi connectivity index (χ0n) is 24.3. The summed E-state index contributed by atoms with van der Waals surface area (Å²) in [5.74, 6) is -0.339. The quantitative estimate of drug-likeness (QED) is 0.205. The zero-order valence-corrected chi connectivity index (χ0v) is 26.7. The van der Waals surface area contributed by atoms with E-state index in [1.54, 1.807) is 15.7 Å². The molecule has 2 aromatic heterocycles. The first-order valence-electron chi connectivity index (χ1n) is 14.1. The van der Waals surface area contributed by atoms with Gasteiger partial charge in [-0.25, -0.2) is 18.6 Å². The molecule has 44 heavy (non-hydrogen) atoms. The van der Waals surface area contributed by atoms with E-state index < -0.39 is 23.4 Å². The molecule has 1 fully saturated rings. The van der Waals surface area contributed by atoms with Gasteiger partial charge in [0.2, 0.25) is 11.8 Å². The number of piperazine rings is 1. The van der Waals surface area contributed by atoms with Crippen molar-refractivity contribution in [2.75, 3.05) is 23.7 Å². The molecule has 0 aliphatic carbocycles. The Morgan fingerprint density at radius 2 is 1.89 bits per heavy atom. The van der Waals surface area contributed by atoms with Crippen LogP contribution in [0.2, 0.25) is 0 Å². The van der Waals surface area contributed by atoms with Gasteiger partial charge >= 0.3 is 5.69 Å². The van der Waals surface area contributed by atoms with Crippen LogP contribution in [0.3, 0.4) is 0 Å². The Morgan fingerprint density at radius 1 is 1.14 bits per heavy atom. The maximum Gasteiger partial charge on any atom is 0.350 e. The molecule has 0 saturated carbocycles. The van der Waals surface area contributed by atoms with Crippen molar-refractivity contribution >= 4 is 50.3 Å². The molecule has 1 amide bonds. The Hall–Kier alpha value is -3.84. The molecule has 0 spiro atoms. The van der Waals surface area contributed by atoms with Crippen molar-refractivity contribution in [1.82, 2.24) is 24.4 Å². The number of aromatic nitrogens is 4. The number of amides is 1. The van der Waals surface area contributed by atoms with Crippen LogP contribution >= 0.6 is 27.7 Å². The standard InChI is InChI=1S/C31H29BrF2N6O3S/c1-5-26(41)40-17(3)12-38(13-18(40)4)30-21-8-16(2)27(20-9-22(32)24(34)10-23(20)33)29-28(21)39(31(42)37-30)14-19(15-44-29)43-25-11-35-6-7-36-25/h5-11,17-19H,1,12-15H2,2-4H3/t17-,18+,19-/m0/s1. The summed E-state index contributed by atoms with van der Waals surface area (Å²) >= 11 is 4.65. The van der Waals surface area contributed by atoms with Gasteiger partial charge in [0.1, 0.15) is 23.6 Å². The van der Waals surface area contributed by atoms with Gasteiger partial charge < -0.3 is 14.5 Å². The van der Waals surface area contributed by atoms with Gasteiger partial charge in [-0.05, 0) is 60.5 Å². The number of carbonyl (C=O) groups is 1. The topological polar surface area (TPSA) is 93.5 Å². The summed E-state index contributed by atoms with van der Waals surface area (Å²) in [6.07, 6.45) is 5.40. The summed E-state index contributed by atoms with van der Waals surface area (Å²) in [7, 11) is 0. The Balaban J connectivity index is 1.55. The Bertz CT molecular complexity index is 1840. The van der Waals surface area contributed by atoms with Crippen molar-refractivity contribution in [3.63, 3.8) is 0 Å². The Morgan fingerprint density at radius 3 is 2.57 bits per heavy atom. The van der Waals surface area contributed by atoms with E-state index >= 15 is 4.39 Å². The summed E-state index contributed by atoms with van der Waals surface area (Å²) in [5, 5.41) is 0.720. The summed E-state index contributed by atoms with van der Waals surface area (Å²) in [4.78, 5) is 43.8. The minimum atomic E-state index is -0.713. The predicted octanol–water partition coefficient (Wildman–Crippen LogP) is 5.37. The van der Waals surface area contributed by atoms with E-state index in [1.807, 2.05) is 31.7 Å².